The van der Waals surface area contributed by atoms with Gasteiger partial charge < -0.3 is 10.1 Å². The molecule has 178 valence electrons. The van der Waals surface area contributed by atoms with Crippen LogP contribution in [0.3, 0.4) is 0 Å². The molecule has 0 aromatic heterocycles. The number of carbonyl (C=O) groups excluding carboxylic acids is 2. The number of benzene rings is 1. The average molecular weight is 450 g/mol. The zero-order valence-corrected chi connectivity index (χ0v) is 20.3. The smallest absolute Gasteiger partial charge is 0.324 e. The van der Waals surface area contributed by atoms with E-state index < -0.39 is 0 Å². The Hall–Kier alpha value is -1.68. The number of fused-ring (bicyclic) bond motifs is 5. The molecule has 4 heteroatoms. The van der Waals surface area contributed by atoms with E-state index in [2.05, 4.69) is 31.3 Å². The van der Waals surface area contributed by atoms with Crippen molar-refractivity contribution in [3.63, 3.8) is 0 Å². The van der Waals surface area contributed by atoms with Crippen LogP contribution in [-0.2, 0) is 20.7 Å². The average Bonchev–Trinajstić information content (AvgIpc) is 3.12. The quantitative estimate of drug-likeness (QED) is 0.639. The second-order valence-corrected chi connectivity index (χ2v) is 12.5. The third-order valence-electron chi connectivity index (χ3n) is 11.1. The largest absolute Gasteiger partial charge is 0.457 e. The first-order valence-corrected chi connectivity index (χ1v) is 13.4. The van der Waals surface area contributed by atoms with Gasteiger partial charge in [0.1, 0.15) is 17.4 Å². The van der Waals surface area contributed by atoms with Gasteiger partial charge in [0.2, 0.25) is 0 Å². The molecule has 1 heterocycles. The highest BCUT2D eigenvalue weighted by atomic mass is 16.6. The molecule has 0 amide bonds. The number of carbonyl (C=O) groups is 2. The maximum atomic E-state index is 13.0. The van der Waals surface area contributed by atoms with Crippen LogP contribution in [-0.4, -0.2) is 29.9 Å². The van der Waals surface area contributed by atoms with Crippen LogP contribution in [0.1, 0.15) is 77.2 Å². The van der Waals surface area contributed by atoms with E-state index in [0.29, 0.717) is 35.4 Å². The first-order chi connectivity index (χ1) is 15.8. The van der Waals surface area contributed by atoms with E-state index in [1.165, 1.54) is 24.8 Å². The van der Waals surface area contributed by atoms with Crippen LogP contribution >= 0.6 is 0 Å². The van der Waals surface area contributed by atoms with Crippen molar-refractivity contribution in [3.8, 4) is 0 Å². The number of morpholine rings is 1. The topological polar surface area (TPSA) is 55.4 Å². The molecule has 1 spiro atoms. The van der Waals surface area contributed by atoms with E-state index in [1.807, 2.05) is 18.2 Å². The Balaban J connectivity index is 1.15. The molecule has 4 unspecified atom stereocenters. The van der Waals surface area contributed by atoms with Gasteiger partial charge >= 0.3 is 5.97 Å². The fraction of sp³-hybridized carbons (Fsp3) is 0.724. The van der Waals surface area contributed by atoms with Gasteiger partial charge in [-0.1, -0.05) is 44.2 Å². The highest BCUT2D eigenvalue weighted by molar-refractivity contribution is 5.87. The van der Waals surface area contributed by atoms with Crippen LogP contribution in [0.4, 0.5) is 0 Å². The molecular weight excluding hydrogens is 410 g/mol. The second-order valence-electron chi connectivity index (χ2n) is 12.5. The highest BCUT2D eigenvalue weighted by Gasteiger charge is 2.62. The van der Waals surface area contributed by atoms with Crippen molar-refractivity contribution in [3.05, 3.63) is 35.9 Å². The summed E-state index contributed by atoms with van der Waals surface area (Å²) in [5, 5.41) is 3.57. The van der Waals surface area contributed by atoms with Crippen LogP contribution < -0.4 is 5.32 Å². The Labute approximate surface area is 198 Å². The lowest BCUT2D eigenvalue weighted by molar-refractivity contribution is -0.193. The Morgan fingerprint density at radius 1 is 0.970 bits per heavy atom. The Morgan fingerprint density at radius 3 is 2.58 bits per heavy atom. The summed E-state index contributed by atoms with van der Waals surface area (Å²) < 4.78 is 6.28. The number of rotatable bonds is 2. The van der Waals surface area contributed by atoms with Gasteiger partial charge in [-0.25, -0.2) is 0 Å². The van der Waals surface area contributed by atoms with Gasteiger partial charge in [0, 0.05) is 18.4 Å². The number of hydrogen-bond donors (Lipinski definition) is 1. The first-order valence-electron chi connectivity index (χ1n) is 13.4. The zero-order valence-electron chi connectivity index (χ0n) is 20.3. The molecular formula is C29H39NO3. The number of esters is 1. The van der Waals surface area contributed by atoms with E-state index in [9.17, 15) is 9.59 Å². The number of Topliss-reactive ketones (excluding diaryl/α,β-unsaturated/α-hetero) is 1. The fourth-order valence-corrected chi connectivity index (χ4v) is 9.05. The SMILES string of the molecule is C[C@]12CC[C@]3(CN[C@@H](Cc4ccccc4)C(=O)O3)CC1CCC1C2CC[C@]2(C)C(=O)CCC12. The van der Waals surface area contributed by atoms with E-state index >= 15 is 0 Å². The first kappa shape index (κ1) is 21.8. The predicted molar refractivity (Wildman–Crippen MR) is 127 cm³/mol. The molecule has 4 nitrogen and oxygen atoms in total. The molecule has 6 rings (SSSR count). The summed E-state index contributed by atoms with van der Waals surface area (Å²) in [7, 11) is 0. The van der Waals surface area contributed by atoms with E-state index in [0.717, 1.165) is 51.0 Å². The number of ether oxygens (including phenoxy) is 1. The lowest BCUT2D eigenvalue weighted by atomic mass is 9.44. The molecule has 5 fully saturated rings. The molecule has 1 aliphatic heterocycles. The van der Waals surface area contributed by atoms with E-state index in [-0.39, 0.29) is 23.0 Å². The van der Waals surface area contributed by atoms with Crippen LogP contribution in [0.25, 0.3) is 0 Å². The maximum absolute atomic E-state index is 13.0. The third kappa shape index (κ3) is 3.34. The zero-order chi connectivity index (χ0) is 22.8. The molecule has 1 aromatic carbocycles. The van der Waals surface area contributed by atoms with Crippen LogP contribution in [0, 0.1) is 34.5 Å². The van der Waals surface area contributed by atoms with Crippen molar-refractivity contribution in [1.29, 1.82) is 0 Å². The molecule has 1 N–H and O–H groups in total. The van der Waals surface area contributed by atoms with Gasteiger partial charge in [0.25, 0.3) is 0 Å². The summed E-state index contributed by atoms with van der Waals surface area (Å²) in [5.74, 6) is 3.13. The molecule has 1 saturated heterocycles. The van der Waals surface area contributed by atoms with Crippen molar-refractivity contribution in [1.82, 2.24) is 5.32 Å². The Morgan fingerprint density at radius 2 is 1.79 bits per heavy atom. The summed E-state index contributed by atoms with van der Waals surface area (Å²) >= 11 is 0. The lowest BCUT2D eigenvalue weighted by Gasteiger charge is -2.62. The summed E-state index contributed by atoms with van der Waals surface area (Å²) in [6.45, 7) is 5.59. The number of nitrogens with one attached hydrogen (secondary N) is 1. The third-order valence-corrected chi connectivity index (χ3v) is 11.1. The number of ketones is 1. The van der Waals surface area contributed by atoms with Crippen molar-refractivity contribution < 1.29 is 14.3 Å². The summed E-state index contributed by atoms with van der Waals surface area (Å²) in [6, 6.07) is 9.99. The maximum Gasteiger partial charge on any atom is 0.324 e. The molecule has 0 bridgehead atoms. The minimum absolute atomic E-state index is 0.0448. The molecule has 4 saturated carbocycles. The van der Waals surface area contributed by atoms with Crippen LogP contribution in [0.2, 0.25) is 0 Å². The fourth-order valence-electron chi connectivity index (χ4n) is 9.05. The molecule has 1 aromatic rings. The van der Waals surface area contributed by atoms with Gasteiger partial charge in [0.05, 0.1) is 0 Å². The molecule has 8 atom stereocenters. The van der Waals surface area contributed by atoms with Crippen molar-refractivity contribution in [2.75, 3.05) is 6.54 Å². The lowest BCUT2D eigenvalue weighted by Crippen LogP contribution is -2.63. The monoisotopic (exact) mass is 449 g/mol. The summed E-state index contributed by atoms with van der Waals surface area (Å²) in [5.41, 5.74) is 1.13. The normalized spacial score (nSPS) is 46.9. The van der Waals surface area contributed by atoms with Gasteiger partial charge in [-0.05, 0) is 92.4 Å². The highest BCUT2D eigenvalue weighted by Crippen LogP contribution is 2.66. The van der Waals surface area contributed by atoms with Gasteiger partial charge in [0.15, 0.2) is 0 Å². The van der Waals surface area contributed by atoms with Crippen LogP contribution in [0.15, 0.2) is 30.3 Å². The summed E-state index contributed by atoms with van der Waals surface area (Å²) in [6.07, 6.45) is 10.5. The van der Waals surface area contributed by atoms with Crippen molar-refractivity contribution in [2.45, 2.75) is 89.7 Å². The Kier molecular flexibility index (Phi) is 5.07. The summed E-state index contributed by atoms with van der Waals surface area (Å²) in [4.78, 5) is 25.7. The molecule has 33 heavy (non-hydrogen) atoms. The van der Waals surface area contributed by atoms with E-state index in [4.69, 9.17) is 4.74 Å². The van der Waals surface area contributed by atoms with Crippen molar-refractivity contribution in [2.24, 2.45) is 34.5 Å². The van der Waals surface area contributed by atoms with E-state index in [1.54, 1.807) is 0 Å². The van der Waals surface area contributed by atoms with Crippen LogP contribution in [0.5, 0.6) is 0 Å². The van der Waals surface area contributed by atoms with Gasteiger partial charge in [-0.3, -0.25) is 9.59 Å². The molecule has 0 radical (unpaired) electrons. The minimum Gasteiger partial charge on any atom is -0.457 e. The second kappa shape index (κ2) is 7.66. The molecule has 5 aliphatic rings. The number of hydrogen-bond acceptors (Lipinski definition) is 4. The standard InChI is InChI=1S/C29H39NO3/c1-27-14-15-29(18-30-24(26(32)33-29)16-19-6-4-3-5-7-19)17-20(27)8-9-21-22-10-11-25(31)28(22,2)13-12-23(21)27/h3-7,20-24,30H,8-18H2,1-2H3/t20?,21?,22?,23?,24-,27-,28-,29+/m0/s1. The minimum atomic E-state index is -0.326. The molecule has 4 aliphatic carbocycles. The van der Waals surface area contributed by atoms with Crippen molar-refractivity contribution >= 4 is 11.8 Å². The predicted octanol–water partition coefficient (Wildman–Crippen LogP) is 5.09. The van der Waals surface area contributed by atoms with Gasteiger partial charge in [-0.15, -0.1) is 0 Å². The van der Waals surface area contributed by atoms with Gasteiger partial charge in [-0.2, -0.15) is 0 Å². The Bertz CT molecular complexity index is 945.